The van der Waals surface area contributed by atoms with Crippen LogP contribution in [0.4, 0.5) is 0 Å². The zero-order chi connectivity index (χ0) is 20.7. The maximum atomic E-state index is 13.4. The molecule has 5 rings (SSSR count). The molecule has 0 saturated carbocycles. The molecule has 3 aromatic carbocycles. The van der Waals surface area contributed by atoms with E-state index >= 15 is 0 Å². The van der Waals surface area contributed by atoms with Gasteiger partial charge in [-0.2, -0.15) is 4.57 Å². The Kier molecular flexibility index (Phi) is 5.50. The highest BCUT2D eigenvalue weighted by atomic mass is 35.5. The van der Waals surface area contributed by atoms with Crippen LogP contribution in [0.15, 0.2) is 83.8 Å². The third-order valence-corrected chi connectivity index (χ3v) is 5.53. The van der Waals surface area contributed by atoms with Crippen LogP contribution in [0.2, 0.25) is 5.02 Å². The second-order valence-corrected chi connectivity index (χ2v) is 7.58. The Morgan fingerprint density at radius 1 is 1.00 bits per heavy atom. The van der Waals surface area contributed by atoms with Crippen LogP contribution in [0.3, 0.4) is 0 Å². The Labute approximate surface area is 183 Å². The molecule has 0 amide bonds. The van der Waals surface area contributed by atoms with Gasteiger partial charge >= 0.3 is 5.56 Å². The van der Waals surface area contributed by atoms with Gasteiger partial charge in [0.05, 0.1) is 12.8 Å². The quantitative estimate of drug-likeness (QED) is 0.429. The number of rotatable bonds is 4. The van der Waals surface area contributed by atoms with Crippen molar-refractivity contribution in [2.75, 3.05) is 7.11 Å². The molecular weight excluding hydrogens is 414 g/mol. The normalized spacial score (nSPS) is 10.9. The molecular formula is C24H20ClN3O3. The van der Waals surface area contributed by atoms with Gasteiger partial charge in [0.15, 0.2) is 12.7 Å². The van der Waals surface area contributed by atoms with E-state index < -0.39 is 0 Å². The van der Waals surface area contributed by atoms with Crippen LogP contribution in [0.1, 0.15) is 5.56 Å². The highest BCUT2D eigenvalue weighted by Crippen LogP contribution is 2.21. The molecule has 0 aliphatic rings. The Bertz CT molecular complexity index is 1420. The summed E-state index contributed by atoms with van der Waals surface area (Å²) >= 11 is 6.02. The first-order valence-electron chi connectivity index (χ1n) is 9.59. The summed E-state index contributed by atoms with van der Waals surface area (Å²) < 4.78 is 8.82. The molecule has 0 unspecified atom stereocenters. The number of nitrogens with one attached hydrogen (secondary N) is 1. The topological polar surface area (TPSA) is 80.9 Å². The van der Waals surface area contributed by atoms with Crippen LogP contribution in [0, 0.1) is 0 Å². The number of hydrogen-bond donors (Lipinski definition) is 1. The molecule has 0 atom stereocenters. The lowest BCUT2D eigenvalue weighted by Gasteiger charge is -2.03. The van der Waals surface area contributed by atoms with E-state index in [1.54, 1.807) is 23.9 Å². The molecule has 0 radical (unpaired) electrons. The van der Waals surface area contributed by atoms with Gasteiger partial charge in [0, 0.05) is 21.4 Å². The molecule has 2 aromatic heterocycles. The molecule has 156 valence electrons. The summed E-state index contributed by atoms with van der Waals surface area (Å²) in [6.45, 7) is 0.568. The lowest BCUT2D eigenvalue weighted by Crippen LogP contribution is -2.38. The van der Waals surface area contributed by atoms with Crippen LogP contribution >= 0.6 is 11.6 Å². The fourth-order valence-corrected chi connectivity index (χ4v) is 3.90. The van der Waals surface area contributed by atoms with Crippen molar-refractivity contribution in [3.63, 3.8) is 0 Å². The number of H-pyrrole nitrogens is 1. The van der Waals surface area contributed by atoms with Crippen molar-refractivity contribution in [3.8, 4) is 11.4 Å². The molecule has 0 spiro atoms. The monoisotopic (exact) mass is 433 g/mol. The van der Waals surface area contributed by atoms with Gasteiger partial charge < -0.3 is 10.2 Å². The van der Waals surface area contributed by atoms with Gasteiger partial charge in [0.2, 0.25) is 0 Å². The Morgan fingerprint density at radius 2 is 1.71 bits per heavy atom. The first-order valence-corrected chi connectivity index (χ1v) is 9.96. The summed E-state index contributed by atoms with van der Waals surface area (Å²) in [5.74, 6) is 0.805. The molecule has 0 aliphatic carbocycles. The number of benzene rings is 3. The van der Waals surface area contributed by atoms with Gasteiger partial charge in [-0.05, 0) is 54.6 Å². The van der Waals surface area contributed by atoms with Gasteiger partial charge in [-0.25, -0.2) is 4.68 Å². The number of methoxy groups -OCH3 is 1. The Hall–Kier alpha value is -3.61. The number of halogens is 1. The van der Waals surface area contributed by atoms with E-state index in [0.29, 0.717) is 17.1 Å². The highest BCUT2D eigenvalue weighted by Gasteiger charge is 2.22. The van der Waals surface area contributed by atoms with E-state index in [-0.39, 0.29) is 11.0 Å². The molecule has 2 N–H and O–H groups in total. The fraction of sp³-hybridized carbons (Fsp3) is 0.0833. The largest absolute Gasteiger partial charge is 0.870 e. The third kappa shape index (κ3) is 3.67. The molecule has 5 aromatic rings. The minimum atomic E-state index is -0.105. The lowest BCUT2D eigenvalue weighted by molar-refractivity contribution is -0.661. The molecule has 7 heteroatoms. The molecule has 31 heavy (non-hydrogen) atoms. The zero-order valence-corrected chi connectivity index (χ0v) is 17.5. The van der Waals surface area contributed by atoms with Gasteiger partial charge in [-0.3, -0.25) is 9.89 Å². The average molecular weight is 434 g/mol. The van der Waals surface area contributed by atoms with Crippen LogP contribution in [0.25, 0.3) is 27.5 Å². The lowest BCUT2D eigenvalue weighted by atomic mass is 10.1. The van der Waals surface area contributed by atoms with Gasteiger partial charge in [-0.1, -0.05) is 29.8 Å². The maximum Gasteiger partial charge on any atom is 0.344 e. The summed E-state index contributed by atoms with van der Waals surface area (Å²) in [6, 6.07) is 23.1. The first-order chi connectivity index (χ1) is 14.6. The fourth-order valence-electron chi connectivity index (χ4n) is 3.78. The summed E-state index contributed by atoms with van der Waals surface area (Å²) in [6.07, 6.45) is 2.03. The third-order valence-electron chi connectivity index (χ3n) is 5.28. The molecule has 0 saturated heterocycles. The number of hydrogen-bond acceptors (Lipinski definition) is 3. The smallest absolute Gasteiger partial charge is 0.344 e. The van der Waals surface area contributed by atoms with E-state index in [1.165, 1.54) is 0 Å². The molecule has 0 bridgehead atoms. The van der Waals surface area contributed by atoms with Gasteiger partial charge in [-0.15, -0.1) is 0 Å². The second kappa shape index (κ2) is 8.26. The number of aromatic nitrogens is 3. The van der Waals surface area contributed by atoms with E-state index in [2.05, 4.69) is 11.2 Å². The van der Waals surface area contributed by atoms with Crippen molar-refractivity contribution in [2.45, 2.75) is 6.54 Å². The van der Waals surface area contributed by atoms with Crippen LogP contribution in [0.5, 0.6) is 5.75 Å². The SMILES string of the molecule is COc1ccc(C[n+]2cc3ccccc3c3[nH]n(-c4ccc(Cl)cc4)c(=O)c32)cc1.[OH-]. The second-order valence-electron chi connectivity index (χ2n) is 7.14. The molecule has 0 fully saturated rings. The van der Waals surface area contributed by atoms with Crippen molar-refractivity contribution in [2.24, 2.45) is 0 Å². The molecule has 2 heterocycles. The summed E-state index contributed by atoms with van der Waals surface area (Å²) in [5.41, 5.74) is 3.14. The van der Waals surface area contributed by atoms with Crippen molar-refractivity contribution in [1.29, 1.82) is 0 Å². The Balaban J connectivity index is 0.00000231. The van der Waals surface area contributed by atoms with E-state index in [0.717, 1.165) is 33.3 Å². The van der Waals surface area contributed by atoms with Crippen LogP contribution in [-0.4, -0.2) is 22.4 Å². The zero-order valence-electron chi connectivity index (χ0n) is 16.7. The number of fused-ring (bicyclic) bond motifs is 3. The predicted molar refractivity (Wildman–Crippen MR) is 121 cm³/mol. The Morgan fingerprint density at radius 3 is 2.42 bits per heavy atom. The van der Waals surface area contributed by atoms with Crippen molar-refractivity contribution in [3.05, 3.63) is 99.9 Å². The standard InChI is InChI=1S/C24H18ClN3O2.H2O/c1-30-20-12-6-16(7-13-20)14-27-15-17-4-2-3-5-21(17)22-23(27)24(29)28(26-22)19-10-8-18(25)9-11-19;/h2-13,15H,14H2,1H3;1H2. The van der Waals surface area contributed by atoms with E-state index in [9.17, 15) is 4.79 Å². The van der Waals surface area contributed by atoms with Crippen molar-refractivity contribution < 1.29 is 14.8 Å². The highest BCUT2D eigenvalue weighted by molar-refractivity contribution is 6.30. The minimum absolute atomic E-state index is 0. The number of nitrogens with zero attached hydrogens (tertiary/aromatic N) is 2. The van der Waals surface area contributed by atoms with Gasteiger partial charge in [0.1, 0.15) is 11.3 Å². The first kappa shape index (κ1) is 20.7. The van der Waals surface area contributed by atoms with Crippen molar-refractivity contribution in [1.82, 2.24) is 9.78 Å². The summed E-state index contributed by atoms with van der Waals surface area (Å²) in [7, 11) is 1.65. The molecule has 6 nitrogen and oxygen atoms in total. The van der Waals surface area contributed by atoms with Crippen LogP contribution in [-0.2, 0) is 6.54 Å². The van der Waals surface area contributed by atoms with E-state index in [4.69, 9.17) is 16.3 Å². The summed E-state index contributed by atoms with van der Waals surface area (Å²) in [5, 5.41) is 6.00. The van der Waals surface area contributed by atoms with Crippen LogP contribution < -0.4 is 14.9 Å². The maximum absolute atomic E-state index is 13.4. The van der Waals surface area contributed by atoms with Gasteiger partial charge in [0.25, 0.3) is 5.52 Å². The van der Waals surface area contributed by atoms with E-state index in [1.807, 2.05) is 65.4 Å². The molecule has 0 aliphatic heterocycles. The average Bonchev–Trinajstić information content (AvgIpc) is 3.13. The minimum Gasteiger partial charge on any atom is -0.870 e. The predicted octanol–water partition coefficient (Wildman–Crippen LogP) is 4.29. The number of ether oxygens (including phenoxy) is 1. The number of pyridine rings is 1. The summed E-state index contributed by atoms with van der Waals surface area (Å²) in [4.78, 5) is 13.4. The number of aromatic amines is 1. The van der Waals surface area contributed by atoms with Crippen molar-refractivity contribution >= 4 is 33.4 Å².